The largest absolute Gasteiger partial charge is 0.489 e. The molecule has 0 aliphatic heterocycles. The number of rotatable bonds is 6. The molecule has 6 heteroatoms. The van der Waals surface area contributed by atoms with Crippen molar-refractivity contribution in [3.8, 4) is 5.75 Å². The molecule has 26 heavy (non-hydrogen) atoms. The molecule has 1 atom stereocenters. The number of nitrogens with one attached hydrogen (secondary N) is 2. The topological polar surface area (TPSA) is 84.1 Å². The van der Waals surface area contributed by atoms with Crippen LogP contribution in [0.25, 0.3) is 0 Å². The van der Waals surface area contributed by atoms with E-state index in [0.29, 0.717) is 12.2 Å². The van der Waals surface area contributed by atoms with E-state index in [0.717, 1.165) is 16.9 Å². The smallest absolute Gasteiger partial charge is 0.253 e. The van der Waals surface area contributed by atoms with E-state index in [-0.39, 0.29) is 17.5 Å². The Morgan fingerprint density at radius 1 is 1.19 bits per heavy atom. The Labute approximate surface area is 150 Å². The van der Waals surface area contributed by atoms with Crippen molar-refractivity contribution in [2.45, 2.75) is 19.6 Å². The monoisotopic (exact) mass is 349 g/mol. The van der Waals surface area contributed by atoms with Gasteiger partial charge in [-0.25, -0.2) is 0 Å². The molecule has 0 bridgehead atoms. The number of aromatic nitrogens is 2. The predicted molar refractivity (Wildman–Crippen MR) is 98.0 cm³/mol. The zero-order valence-electron chi connectivity index (χ0n) is 14.3. The average Bonchev–Trinajstić information content (AvgIpc) is 2.68. The summed E-state index contributed by atoms with van der Waals surface area (Å²) in [5.41, 5.74) is 2.12. The Balaban J connectivity index is 1.58. The van der Waals surface area contributed by atoms with Crippen LogP contribution in [0.2, 0.25) is 0 Å². The first-order chi connectivity index (χ1) is 12.6. The summed E-state index contributed by atoms with van der Waals surface area (Å²) in [6, 6.07) is 14.0. The summed E-state index contributed by atoms with van der Waals surface area (Å²) in [7, 11) is 0. The lowest BCUT2D eigenvalue weighted by atomic mass is 10.1. The molecule has 2 heterocycles. The van der Waals surface area contributed by atoms with E-state index in [1.165, 1.54) is 18.3 Å². The van der Waals surface area contributed by atoms with Gasteiger partial charge in [0.1, 0.15) is 12.4 Å². The number of aromatic amines is 1. The third kappa shape index (κ3) is 4.57. The molecule has 2 aromatic heterocycles. The van der Waals surface area contributed by atoms with Gasteiger partial charge in [0.25, 0.3) is 5.91 Å². The van der Waals surface area contributed by atoms with E-state index >= 15 is 0 Å². The maximum atomic E-state index is 12.2. The normalized spacial score (nSPS) is 11.6. The molecule has 0 spiro atoms. The summed E-state index contributed by atoms with van der Waals surface area (Å²) in [4.78, 5) is 29.8. The fourth-order valence-electron chi connectivity index (χ4n) is 2.42. The molecule has 0 saturated heterocycles. The molecule has 0 radical (unpaired) electrons. The highest BCUT2D eigenvalue weighted by molar-refractivity contribution is 5.94. The SMILES string of the molecule is CC(NC(=O)c1ccc(=O)[nH]c1)c1ccc(OCc2cccnc2)cc1. The molecule has 0 aliphatic carbocycles. The summed E-state index contributed by atoms with van der Waals surface area (Å²) in [5.74, 6) is 0.502. The van der Waals surface area contributed by atoms with Crippen LogP contribution in [0.15, 0.2) is 71.9 Å². The van der Waals surface area contributed by atoms with Gasteiger partial charge in [-0.15, -0.1) is 0 Å². The van der Waals surface area contributed by atoms with E-state index < -0.39 is 0 Å². The van der Waals surface area contributed by atoms with Crippen molar-refractivity contribution in [2.24, 2.45) is 0 Å². The van der Waals surface area contributed by atoms with Crippen LogP contribution in [0.3, 0.4) is 0 Å². The van der Waals surface area contributed by atoms with Gasteiger partial charge in [0.05, 0.1) is 11.6 Å². The molecule has 2 N–H and O–H groups in total. The van der Waals surface area contributed by atoms with Crippen LogP contribution in [0.4, 0.5) is 0 Å². The molecule has 132 valence electrons. The van der Waals surface area contributed by atoms with Crippen molar-refractivity contribution in [1.29, 1.82) is 0 Å². The van der Waals surface area contributed by atoms with Gasteiger partial charge in [0, 0.05) is 30.2 Å². The first-order valence-electron chi connectivity index (χ1n) is 8.23. The van der Waals surface area contributed by atoms with Gasteiger partial charge in [-0.05, 0) is 36.8 Å². The highest BCUT2D eigenvalue weighted by atomic mass is 16.5. The lowest BCUT2D eigenvalue weighted by Gasteiger charge is -2.15. The van der Waals surface area contributed by atoms with E-state index in [2.05, 4.69) is 15.3 Å². The Morgan fingerprint density at radius 2 is 2.00 bits per heavy atom. The van der Waals surface area contributed by atoms with Crippen molar-refractivity contribution in [2.75, 3.05) is 0 Å². The molecule has 1 amide bonds. The van der Waals surface area contributed by atoms with Crippen LogP contribution in [0.5, 0.6) is 5.75 Å². The standard InChI is InChI=1S/C20H19N3O3/c1-14(23-20(25)17-6-9-19(24)22-12-17)16-4-7-18(8-5-16)26-13-15-3-2-10-21-11-15/h2-12,14H,13H2,1H3,(H,22,24)(H,23,25). The molecule has 0 aliphatic rings. The van der Waals surface area contributed by atoms with Crippen molar-refractivity contribution in [1.82, 2.24) is 15.3 Å². The number of carbonyl (C=O) groups is 1. The molecule has 0 fully saturated rings. The number of benzene rings is 1. The minimum atomic E-state index is -0.245. The van der Waals surface area contributed by atoms with Crippen LogP contribution in [-0.2, 0) is 6.61 Å². The van der Waals surface area contributed by atoms with Gasteiger partial charge in [-0.1, -0.05) is 18.2 Å². The van der Waals surface area contributed by atoms with Gasteiger partial charge >= 0.3 is 0 Å². The van der Waals surface area contributed by atoms with E-state index in [9.17, 15) is 9.59 Å². The number of carbonyl (C=O) groups excluding carboxylic acids is 1. The van der Waals surface area contributed by atoms with Crippen LogP contribution in [0, 0.1) is 0 Å². The second kappa shape index (κ2) is 8.11. The molecular formula is C20H19N3O3. The zero-order chi connectivity index (χ0) is 18.4. The Bertz CT molecular complexity index is 901. The number of nitrogens with zero attached hydrogens (tertiary/aromatic N) is 1. The number of pyridine rings is 2. The summed E-state index contributed by atoms with van der Waals surface area (Å²) in [6.45, 7) is 2.35. The number of hydrogen-bond donors (Lipinski definition) is 2. The second-order valence-corrected chi connectivity index (χ2v) is 5.86. The van der Waals surface area contributed by atoms with Crippen LogP contribution in [-0.4, -0.2) is 15.9 Å². The first-order valence-corrected chi connectivity index (χ1v) is 8.23. The molecule has 3 rings (SSSR count). The third-order valence-corrected chi connectivity index (χ3v) is 3.90. The van der Waals surface area contributed by atoms with Gasteiger partial charge in [0.15, 0.2) is 0 Å². The summed E-state index contributed by atoms with van der Waals surface area (Å²) >= 11 is 0. The average molecular weight is 349 g/mol. The quantitative estimate of drug-likeness (QED) is 0.717. The number of amides is 1. The van der Waals surface area contributed by atoms with Crippen LogP contribution >= 0.6 is 0 Å². The molecule has 3 aromatic rings. The third-order valence-electron chi connectivity index (χ3n) is 3.90. The lowest BCUT2D eigenvalue weighted by molar-refractivity contribution is 0.0939. The molecule has 0 saturated carbocycles. The highest BCUT2D eigenvalue weighted by Crippen LogP contribution is 2.19. The Morgan fingerprint density at radius 3 is 2.65 bits per heavy atom. The Kier molecular flexibility index (Phi) is 5.43. The summed E-state index contributed by atoms with van der Waals surface area (Å²) in [6.07, 6.45) is 4.89. The van der Waals surface area contributed by atoms with Gasteiger partial charge in [-0.2, -0.15) is 0 Å². The first kappa shape index (κ1) is 17.4. The highest BCUT2D eigenvalue weighted by Gasteiger charge is 2.11. The van der Waals surface area contributed by atoms with Crippen molar-refractivity contribution >= 4 is 5.91 Å². The summed E-state index contributed by atoms with van der Waals surface area (Å²) in [5, 5.41) is 2.90. The molecule has 6 nitrogen and oxygen atoms in total. The van der Waals surface area contributed by atoms with E-state index in [4.69, 9.17) is 4.74 Å². The van der Waals surface area contributed by atoms with Crippen molar-refractivity contribution in [3.05, 3.63) is 94.2 Å². The van der Waals surface area contributed by atoms with Crippen molar-refractivity contribution < 1.29 is 9.53 Å². The Hall–Kier alpha value is -3.41. The fourth-order valence-corrected chi connectivity index (χ4v) is 2.42. The minimum Gasteiger partial charge on any atom is -0.489 e. The zero-order valence-corrected chi connectivity index (χ0v) is 14.3. The molecular weight excluding hydrogens is 330 g/mol. The van der Waals surface area contributed by atoms with Gasteiger partial charge in [-0.3, -0.25) is 14.6 Å². The number of hydrogen-bond acceptors (Lipinski definition) is 4. The predicted octanol–water partition coefficient (Wildman–Crippen LogP) is 2.84. The summed E-state index contributed by atoms with van der Waals surface area (Å²) < 4.78 is 5.73. The number of H-pyrrole nitrogens is 1. The fraction of sp³-hybridized carbons (Fsp3) is 0.150. The number of ether oxygens (including phenoxy) is 1. The minimum absolute atomic E-state index is 0.179. The van der Waals surface area contributed by atoms with Crippen molar-refractivity contribution in [3.63, 3.8) is 0 Å². The lowest BCUT2D eigenvalue weighted by Crippen LogP contribution is -2.27. The van der Waals surface area contributed by atoms with E-state index in [1.807, 2.05) is 43.3 Å². The molecule has 1 aromatic carbocycles. The van der Waals surface area contributed by atoms with Crippen LogP contribution < -0.4 is 15.6 Å². The second-order valence-electron chi connectivity index (χ2n) is 5.86. The maximum Gasteiger partial charge on any atom is 0.253 e. The van der Waals surface area contributed by atoms with Gasteiger partial charge in [0.2, 0.25) is 5.56 Å². The van der Waals surface area contributed by atoms with Gasteiger partial charge < -0.3 is 15.0 Å². The molecule has 1 unspecified atom stereocenters. The van der Waals surface area contributed by atoms with Crippen LogP contribution in [0.1, 0.15) is 34.5 Å². The van der Waals surface area contributed by atoms with E-state index in [1.54, 1.807) is 12.4 Å². The maximum absolute atomic E-state index is 12.2.